The first-order valence-electron chi connectivity index (χ1n) is 6.41. The highest BCUT2D eigenvalue weighted by Crippen LogP contribution is 2.28. The van der Waals surface area contributed by atoms with Gasteiger partial charge in [-0.25, -0.2) is 4.39 Å². The van der Waals surface area contributed by atoms with Crippen molar-refractivity contribution in [3.8, 4) is 5.75 Å². The molecule has 0 spiro atoms. The predicted octanol–water partition coefficient (Wildman–Crippen LogP) is 4.45. The molecule has 2 aromatic rings. The van der Waals surface area contributed by atoms with Crippen molar-refractivity contribution in [3.63, 3.8) is 0 Å². The summed E-state index contributed by atoms with van der Waals surface area (Å²) < 4.78 is 19.0. The maximum Gasteiger partial charge on any atom is 0.133 e. The second-order valence-electron chi connectivity index (χ2n) is 4.62. The molecule has 4 heteroatoms. The first-order chi connectivity index (χ1) is 9.60. The average Bonchev–Trinajstić information content (AvgIpc) is 2.46. The smallest absolute Gasteiger partial charge is 0.133 e. The zero-order chi connectivity index (χ0) is 14.5. The summed E-state index contributed by atoms with van der Waals surface area (Å²) in [4.78, 5) is 0. The average molecular weight is 338 g/mol. The van der Waals surface area contributed by atoms with Crippen molar-refractivity contribution in [2.24, 2.45) is 0 Å². The van der Waals surface area contributed by atoms with E-state index in [9.17, 15) is 4.39 Å². The third-order valence-electron chi connectivity index (χ3n) is 3.20. The molecule has 0 aromatic heterocycles. The Bertz CT molecular complexity index is 571. The van der Waals surface area contributed by atoms with Crippen molar-refractivity contribution in [3.05, 3.63) is 63.9 Å². The molecule has 20 heavy (non-hydrogen) atoms. The van der Waals surface area contributed by atoms with Crippen molar-refractivity contribution < 1.29 is 9.13 Å². The van der Waals surface area contributed by atoms with E-state index in [2.05, 4.69) is 28.2 Å². The molecule has 1 N–H and O–H groups in total. The highest BCUT2D eigenvalue weighted by Gasteiger charge is 2.08. The normalized spacial score (nSPS) is 12.2. The van der Waals surface area contributed by atoms with Crippen molar-refractivity contribution >= 4 is 15.9 Å². The Morgan fingerprint density at radius 1 is 1.20 bits per heavy atom. The number of benzene rings is 2. The Labute approximate surface area is 127 Å². The van der Waals surface area contributed by atoms with Crippen LogP contribution in [0.3, 0.4) is 0 Å². The third-order valence-corrected chi connectivity index (χ3v) is 3.82. The summed E-state index contributed by atoms with van der Waals surface area (Å²) in [5.41, 5.74) is 2.23. The molecule has 0 saturated heterocycles. The molecule has 106 valence electrons. The van der Waals surface area contributed by atoms with Gasteiger partial charge in [0.2, 0.25) is 0 Å². The van der Waals surface area contributed by atoms with Gasteiger partial charge in [-0.1, -0.05) is 18.2 Å². The lowest BCUT2D eigenvalue weighted by Crippen LogP contribution is -2.18. The van der Waals surface area contributed by atoms with Gasteiger partial charge >= 0.3 is 0 Å². The van der Waals surface area contributed by atoms with Crippen LogP contribution in [0.4, 0.5) is 4.39 Å². The SMILES string of the molecule is COc1ccc(C(C)NCc2ccc(F)cc2)cc1Br. The van der Waals surface area contributed by atoms with E-state index >= 15 is 0 Å². The van der Waals surface area contributed by atoms with E-state index < -0.39 is 0 Å². The Morgan fingerprint density at radius 2 is 1.90 bits per heavy atom. The highest BCUT2D eigenvalue weighted by atomic mass is 79.9. The standard InChI is InChI=1S/C16H17BrFNO/c1-11(13-5-8-16(20-2)15(17)9-13)19-10-12-3-6-14(18)7-4-12/h3-9,11,19H,10H2,1-2H3. The van der Waals surface area contributed by atoms with Crippen LogP contribution in [-0.4, -0.2) is 7.11 Å². The second kappa shape index (κ2) is 6.86. The molecule has 2 aromatic carbocycles. The zero-order valence-electron chi connectivity index (χ0n) is 11.5. The van der Waals surface area contributed by atoms with Gasteiger partial charge < -0.3 is 10.1 Å². The Kier molecular flexibility index (Phi) is 5.15. The molecule has 2 rings (SSSR count). The number of methoxy groups -OCH3 is 1. The van der Waals surface area contributed by atoms with Crippen LogP contribution in [0.2, 0.25) is 0 Å². The minimum absolute atomic E-state index is 0.197. The van der Waals surface area contributed by atoms with Crippen LogP contribution in [0, 0.1) is 5.82 Å². The maximum absolute atomic E-state index is 12.8. The largest absolute Gasteiger partial charge is 0.496 e. The van der Waals surface area contributed by atoms with Crippen LogP contribution < -0.4 is 10.1 Å². The zero-order valence-corrected chi connectivity index (χ0v) is 13.1. The quantitative estimate of drug-likeness (QED) is 0.870. The van der Waals surface area contributed by atoms with Crippen molar-refractivity contribution in [1.29, 1.82) is 0 Å². The molecule has 0 heterocycles. The lowest BCUT2D eigenvalue weighted by molar-refractivity contribution is 0.411. The lowest BCUT2D eigenvalue weighted by atomic mass is 10.1. The van der Waals surface area contributed by atoms with E-state index in [0.29, 0.717) is 6.54 Å². The molecule has 1 atom stereocenters. The van der Waals surface area contributed by atoms with E-state index in [4.69, 9.17) is 4.74 Å². The molecular weight excluding hydrogens is 321 g/mol. The van der Waals surface area contributed by atoms with E-state index in [1.807, 2.05) is 18.2 Å². The third kappa shape index (κ3) is 3.81. The molecule has 0 aliphatic carbocycles. The molecular formula is C16H17BrFNO. The first-order valence-corrected chi connectivity index (χ1v) is 7.20. The van der Waals surface area contributed by atoms with Gasteiger partial charge in [-0.3, -0.25) is 0 Å². The monoisotopic (exact) mass is 337 g/mol. The number of nitrogens with one attached hydrogen (secondary N) is 1. The Morgan fingerprint density at radius 3 is 2.50 bits per heavy atom. The minimum atomic E-state index is -0.208. The van der Waals surface area contributed by atoms with Gasteiger partial charge in [-0.05, 0) is 58.2 Å². The summed E-state index contributed by atoms with van der Waals surface area (Å²) in [7, 11) is 1.65. The molecule has 0 radical (unpaired) electrons. The van der Waals surface area contributed by atoms with Crippen molar-refractivity contribution in [1.82, 2.24) is 5.32 Å². The summed E-state index contributed by atoms with van der Waals surface area (Å²) >= 11 is 3.49. The summed E-state index contributed by atoms with van der Waals surface area (Å²) in [6.07, 6.45) is 0. The van der Waals surface area contributed by atoms with E-state index in [1.165, 1.54) is 17.7 Å². The van der Waals surface area contributed by atoms with E-state index in [-0.39, 0.29) is 11.9 Å². The molecule has 2 nitrogen and oxygen atoms in total. The number of hydrogen-bond donors (Lipinski definition) is 1. The number of halogens is 2. The fraction of sp³-hybridized carbons (Fsp3) is 0.250. The molecule has 0 saturated carbocycles. The predicted molar refractivity (Wildman–Crippen MR) is 82.3 cm³/mol. The van der Waals surface area contributed by atoms with Gasteiger partial charge in [0.05, 0.1) is 11.6 Å². The molecule has 0 aliphatic heterocycles. The number of hydrogen-bond acceptors (Lipinski definition) is 2. The van der Waals surface area contributed by atoms with Gasteiger partial charge in [0.1, 0.15) is 11.6 Å². The van der Waals surface area contributed by atoms with Crippen LogP contribution in [0.15, 0.2) is 46.9 Å². The van der Waals surface area contributed by atoms with Crippen LogP contribution in [-0.2, 0) is 6.54 Å². The van der Waals surface area contributed by atoms with Gasteiger partial charge in [0.15, 0.2) is 0 Å². The molecule has 1 unspecified atom stereocenters. The first kappa shape index (κ1) is 15.0. The fourth-order valence-electron chi connectivity index (χ4n) is 1.94. The summed E-state index contributed by atoms with van der Waals surface area (Å²) in [5, 5.41) is 3.42. The molecule has 0 amide bonds. The Hall–Kier alpha value is -1.39. The number of ether oxygens (including phenoxy) is 1. The van der Waals surface area contributed by atoms with E-state index in [0.717, 1.165) is 15.8 Å². The van der Waals surface area contributed by atoms with Gasteiger partial charge in [0.25, 0.3) is 0 Å². The Balaban J connectivity index is 1.99. The summed E-state index contributed by atoms with van der Waals surface area (Å²) in [6, 6.07) is 12.7. The van der Waals surface area contributed by atoms with Gasteiger partial charge in [-0.2, -0.15) is 0 Å². The van der Waals surface area contributed by atoms with Crippen molar-refractivity contribution in [2.45, 2.75) is 19.5 Å². The second-order valence-corrected chi connectivity index (χ2v) is 5.48. The van der Waals surface area contributed by atoms with Crippen LogP contribution >= 0.6 is 15.9 Å². The van der Waals surface area contributed by atoms with Gasteiger partial charge in [0, 0.05) is 12.6 Å². The van der Waals surface area contributed by atoms with E-state index in [1.54, 1.807) is 19.2 Å². The van der Waals surface area contributed by atoms with Crippen molar-refractivity contribution in [2.75, 3.05) is 7.11 Å². The van der Waals surface area contributed by atoms with Gasteiger partial charge in [-0.15, -0.1) is 0 Å². The fourth-order valence-corrected chi connectivity index (χ4v) is 2.50. The summed E-state index contributed by atoms with van der Waals surface area (Å²) in [5.74, 6) is 0.611. The number of rotatable bonds is 5. The maximum atomic E-state index is 12.8. The minimum Gasteiger partial charge on any atom is -0.496 e. The lowest BCUT2D eigenvalue weighted by Gasteiger charge is -2.15. The van der Waals surface area contributed by atoms with Crippen LogP contribution in [0.1, 0.15) is 24.1 Å². The van der Waals surface area contributed by atoms with Crippen LogP contribution in [0.25, 0.3) is 0 Å². The summed E-state index contributed by atoms with van der Waals surface area (Å²) in [6.45, 7) is 2.79. The highest BCUT2D eigenvalue weighted by molar-refractivity contribution is 9.10. The van der Waals surface area contributed by atoms with Crippen LogP contribution in [0.5, 0.6) is 5.75 Å². The topological polar surface area (TPSA) is 21.3 Å². The molecule has 0 fully saturated rings. The molecule has 0 bridgehead atoms. The molecule has 0 aliphatic rings.